The maximum absolute atomic E-state index is 12.3. The van der Waals surface area contributed by atoms with Crippen molar-refractivity contribution in [3.8, 4) is 0 Å². The Labute approximate surface area is 124 Å². The van der Waals surface area contributed by atoms with Gasteiger partial charge in [-0.25, -0.2) is 4.98 Å². The molecule has 1 aliphatic rings. The lowest BCUT2D eigenvalue weighted by atomic mass is 9.92. The zero-order valence-electron chi connectivity index (χ0n) is 12.5. The maximum atomic E-state index is 12.3. The van der Waals surface area contributed by atoms with Gasteiger partial charge in [0.05, 0.1) is 0 Å². The fourth-order valence-corrected chi connectivity index (χ4v) is 2.82. The summed E-state index contributed by atoms with van der Waals surface area (Å²) in [7, 11) is 0. The van der Waals surface area contributed by atoms with Crippen LogP contribution in [0.15, 0.2) is 22.6 Å². The van der Waals surface area contributed by atoms with Gasteiger partial charge >= 0.3 is 0 Å². The number of piperidine rings is 1. The number of nitrogens with one attached hydrogen (secondary N) is 2. The highest BCUT2D eigenvalue weighted by molar-refractivity contribution is 5.94. The second-order valence-electron chi connectivity index (χ2n) is 5.71. The lowest BCUT2D eigenvalue weighted by Gasteiger charge is -2.27. The molecule has 0 radical (unpaired) electrons. The molecule has 1 aliphatic heterocycles. The first kappa shape index (κ1) is 14.1. The predicted molar refractivity (Wildman–Crippen MR) is 82.2 cm³/mol. The van der Waals surface area contributed by atoms with E-state index >= 15 is 0 Å². The molecule has 3 rings (SSSR count). The van der Waals surface area contributed by atoms with E-state index in [1.165, 1.54) is 0 Å². The zero-order chi connectivity index (χ0) is 14.8. The minimum atomic E-state index is 0.0838. The van der Waals surface area contributed by atoms with Crippen molar-refractivity contribution in [3.05, 3.63) is 24.1 Å². The highest BCUT2D eigenvalue weighted by atomic mass is 16.3. The summed E-state index contributed by atoms with van der Waals surface area (Å²) < 4.78 is 5.58. The second kappa shape index (κ2) is 5.85. The molecule has 112 valence electrons. The first-order valence-electron chi connectivity index (χ1n) is 7.59. The van der Waals surface area contributed by atoms with Gasteiger partial charge in [-0.1, -0.05) is 6.92 Å². The number of fused-ring (bicyclic) bond motifs is 1. The summed E-state index contributed by atoms with van der Waals surface area (Å²) in [6, 6.07) is 6.01. The largest absolute Gasteiger partial charge is 0.441 e. The van der Waals surface area contributed by atoms with Gasteiger partial charge in [0.2, 0.25) is 5.91 Å². The van der Waals surface area contributed by atoms with Gasteiger partial charge in [-0.3, -0.25) is 4.79 Å². The van der Waals surface area contributed by atoms with E-state index in [1.54, 1.807) is 0 Å². The Balaban J connectivity index is 1.73. The molecule has 0 aliphatic carbocycles. The Kier molecular flexibility index (Phi) is 3.92. The molecule has 1 amide bonds. The van der Waals surface area contributed by atoms with Crippen molar-refractivity contribution in [3.63, 3.8) is 0 Å². The van der Waals surface area contributed by atoms with Crippen LogP contribution >= 0.6 is 0 Å². The third kappa shape index (κ3) is 3.08. The minimum Gasteiger partial charge on any atom is -0.441 e. The maximum Gasteiger partial charge on any atom is 0.227 e. The quantitative estimate of drug-likeness (QED) is 0.911. The molecule has 2 atom stereocenters. The molecule has 2 heterocycles. The van der Waals surface area contributed by atoms with Crippen LogP contribution in [0.2, 0.25) is 0 Å². The Morgan fingerprint density at radius 1 is 1.52 bits per heavy atom. The summed E-state index contributed by atoms with van der Waals surface area (Å²) in [5.41, 5.74) is 2.35. The molecule has 1 saturated heterocycles. The fraction of sp³-hybridized carbons (Fsp3) is 0.500. The average molecular weight is 287 g/mol. The van der Waals surface area contributed by atoms with Crippen LogP contribution in [0.5, 0.6) is 0 Å². The van der Waals surface area contributed by atoms with E-state index in [2.05, 4.69) is 22.5 Å². The van der Waals surface area contributed by atoms with Crippen molar-refractivity contribution >= 4 is 22.7 Å². The van der Waals surface area contributed by atoms with Crippen LogP contribution < -0.4 is 10.6 Å². The molecule has 1 aromatic heterocycles. The number of hydrogen-bond acceptors (Lipinski definition) is 4. The van der Waals surface area contributed by atoms with E-state index in [0.717, 1.165) is 48.5 Å². The van der Waals surface area contributed by atoms with Gasteiger partial charge in [-0.2, -0.15) is 0 Å². The average Bonchev–Trinajstić information content (AvgIpc) is 2.89. The van der Waals surface area contributed by atoms with Gasteiger partial charge in [0.15, 0.2) is 11.5 Å². The van der Waals surface area contributed by atoms with Crippen molar-refractivity contribution in [1.82, 2.24) is 10.3 Å². The Hall–Kier alpha value is -1.88. The highest BCUT2D eigenvalue weighted by Crippen LogP contribution is 2.22. The predicted octanol–water partition coefficient (Wildman–Crippen LogP) is 2.72. The lowest BCUT2D eigenvalue weighted by molar-refractivity contribution is -0.120. The van der Waals surface area contributed by atoms with Gasteiger partial charge in [-0.05, 0) is 44.5 Å². The fourth-order valence-electron chi connectivity index (χ4n) is 2.82. The minimum absolute atomic E-state index is 0.0838. The number of hydrogen-bond donors (Lipinski definition) is 2. The van der Waals surface area contributed by atoms with Crippen molar-refractivity contribution in [2.45, 2.75) is 39.2 Å². The van der Waals surface area contributed by atoms with Crippen LogP contribution in [0.3, 0.4) is 0 Å². The van der Waals surface area contributed by atoms with Crippen LogP contribution in [0, 0.1) is 5.92 Å². The molecule has 2 aromatic rings. The Morgan fingerprint density at radius 3 is 3.14 bits per heavy atom. The van der Waals surface area contributed by atoms with Crippen LogP contribution in [-0.4, -0.2) is 23.5 Å². The molecule has 2 N–H and O–H groups in total. The molecule has 0 bridgehead atoms. The number of carbonyl (C=O) groups is 1. The van der Waals surface area contributed by atoms with Gasteiger partial charge in [0.1, 0.15) is 5.52 Å². The summed E-state index contributed by atoms with van der Waals surface area (Å²) in [6.07, 6.45) is 2.55. The molecule has 1 aromatic carbocycles. The molecule has 0 unspecified atom stereocenters. The van der Waals surface area contributed by atoms with Crippen LogP contribution in [0.1, 0.15) is 32.6 Å². The number of oxazole rings is 1. The topological polar surface area (TPSA) is 67.2 Å². The van der Waals surface area contributed by atoms with Crippen LogP contribution in [0.4, 0.5) is 5.69 Å². The lowest BCUT2D eigenvalue weighted by Crippen LogP contribution is -2.40. The first-order chi connectivity index (χ1) is 10.2. The van der Waals surface area contributed by atoms with E-state index in [9.17, 15) is 4.79 Å². The van der Waals surface area contributed by atoms with E-state index in [-0.39, 0.29) is 11.8 Å². The normalized spacial score (nSPS) is 22.4. The molecule has 5 nitrogen and oxygen atoms in total. The molecule has 21 heavy (non-hydrogen) atoms. The van der Waals surface area contributed by atoms with Gasteiger partial charge in [0, 0.05) is 24.1 Å². The second-order valence-corrected chi connectivity index (χ2v) is 5.71. The van der Waals surface area contributed by atoms with Gasteiger partial charge in [-0.15, -0.1) is 0 Å². The Bertz CT molecular complexity index is 650. The van der Waals surface area contributed by atoms with Gasteiger partial charge in [0.25, 0.3) is 0 Å². The van der Waals surface area contributed by atoms with Crippen molar-refractivity contribution in [1.29, 1.82) is 0 Å². The van der Waals surface area contributed by atoms with E-state index in [4.69, 9.17) is 4.42 Å². The van der Waals surface area contributed by atoms with Gasteiger partial charge < -0.3 is 15.1 Å². The summed E-state index contributed by atoms with van der Waals surface area (Å²) in [4.78, 5) is 16.7. The van der Waals surface area contributed by atoms with Crippen molar-refractivity contribution in [2.75, 3.05) is 11.9 Å². The number of amides is 1. The zero-order valence-corrected chi connectivity index (χ0v) is 12.5. The Morgan fingerprint density at radius 2 is 2.38 bits per heavy atom. The van der Waals surface area contributed by atoms with Crippen molar-refractivity contribution < 1.29 is 9.21 Å². The summed E-state index contributed by atoms with van der Waals surface area (Å²) in [6.45, 7) is 5.03. The molecular weight excluding hydrogens is 266 g/mol. The number of aryl methyl sites for hydroxylation is 1. The standard InChI is InChI=1S/C16H21N3O2/c1-3-15-19-13-9-12(4-5-14(13)21-15)18-16(20)11-6-7-17-10(2)8-11/h4-5,9-11,17H,3,6-8H2,1-2H3,(H,18,20)/t10-,11-/m0/s1. The summed E-state index contributed by atoms with van der Waals surface area (Å²) in [5.74, 6) is 0.906. The van der Waals surface area contributed by atoms with E-state index in [1.807, 2.05) is 25.1 Å². The first-order valence-corrected chi connectivity index (χ1v) is 7.59. The third-order valence-electron chi connectivity index (χ3n) is 4.00. The number of benzene rings is 1. The number of nitrogens with zero attached hydrogens (tertiary/aromatic N) is 1. The number of aromatic nitrogens is 1. The summed E-state index contributed by atoms with van der Waals surface area (Å²) in [5, 5.41) is 6.36. The monoisotopic (exact) mass is 287 g/mol. The molecular formula is C16H21N3O2. The molecule has 5 heteroatoms. The van der Waals surface area contributed by atoms with Crippen LogP contribution in [-0.2, 0) is 11.2 Å². The van der Waals surface area contributed by atoms with E-state index in [0.29, 0.717) is 6.04 Å². The number of rotatable bonds is 3. The van der Waals surface area contributed by atoms with E-state index < -0.39 is 0 Å². The van der Waals surface area contributed by atoms with Crippen molar-refractivity contribution in [2.24, 2.45) is 5.92 Å². The number of carbonyl (C=O) groups excluding carboxylic acids is 1. The summed E-state index contributed by atoms with van der Waals surface area (Å²) >= 11 is 0. The molecule has 0 spiro atoms. The molecule has 1 fully saturated rings. The third-order valence-corrected chi connectivity index (χ3v) is 4.00. The van der Waals surface area contributed by atoms with Crippen LogP contribution in [0.25, 0.3) is 11.1 Å². The SMILES string of the molecule is CCc1nc2cc(NC(=O)[C@H]3CCN[C@@H](C)C3)ccc2o1. The number of anilines is 1. The highest BCUT2D eigenvalue weighted by Gasteiger charge is 2.24. The smallest absolute Gasteiger partial charge is 0.227 e. The molecule has 0 saturated carbocycles.